The normalized spacial score (nSPS) is 9.39. The highest BCUT2D eigenvalue weighted by atomic mass is 16.6. The summed E-state index contributed by atoms with van der Waals surface area (Å²) in [4.78, 5) is 32.7. The Morgan fingerprint density at radius 3 is 2.67 bits per heavy atom. The average molecular weight is 251 g/mol. The molecule has 6 heteroatoms. The molecule has 0 aliphatic rings. The molecule has 0 aliphatic carbocycles. The molecule has 1 rings (SSSR count). The molecule has 0 spiro atoms. The summed E-state index contributed by atoms with van der Waals surface area (Å²) in [5.41, 5.74) is 0.344. The lowest BCUT2D eigenvalue weighted by Gasteiger charge is -2.07. The second kappa shape index (κ2) is 7.05. The number of amides is 1. The highest BCUT2D eigenvalue weighted by molar-refractivity contribution is 5.81. The fraction of sp³-hybridized carbons (Fsp3) is 0.250. The summed E-state index contributed by atoms with van der Waals surface area (Å²) in [7, 11) is 1.44. The van der Waals surface area contributed by atoms with Gasteiger partial charge in [-0.1, -0.05) is 12.1 Å². The molecule has 1 amide bonds. The summed E-state index contributed by atoms with van der Waals surface area (Å²) in [5.74, 6) is -0.791. The summed E-state index contributed by atoms with van der Waals surface area (Å²) < 4.78 is 9.74. The van der Waals surface area contributed by atoms with E-state index in [4.69, 9.17) is 4.74 Å². The van der Waals surface area contributed by atoms with Crippen molar-refractivity contribution in [2.75, 3.05) is 20.3 Å². The molecule has 96 valence electrons. The van der Waals surface area contributed by atoms with E-state index in [0.29, 0.717) is 17.6 Å². The summed E-state index contributed by atoms with van der Waals surface area (Å²) in [6.07, 6.45) is 0.630. The van der Waals surface area contributed by atoms with E-state index >= 15 is 0 Å². The van der Waals surface area contributed by atoms with Crippen LogP contribution in [0, 0.1) is 0 Å². The minimum atomic E-state index is -0.681. The number of rotatable bonds is 6. The van der Waals surface area contributed by atoms with Gasteiger partial charge in [0.1, 0.15) is 5.75 Å². The number of hydrogen-bond acceptors (Lipinski definition) is 5. The molecule has 1 aromatic rings. The zero-order valence-electron chi connectivity index (χ0n) is 9.84. The van der Waals surface area contributed by atoms with E-state index in [-0.39, 0.29) is 13.2 Å². The molecular formula is C12H13NO5. The van der Waals surface area contributed by atoms with Crippen LogP contribution in [-0.2, 0) is 14.3 Å². The number of ether oxygens (including phenoxy) is 2. The van der Waals surface area contributed by atoms with Gasteiger partial charge in [-0.3, -0.25) is 9.59 Å². The molecule has 0 saturated carbocycles. The van der Waals surface area contributed by atoms with Crippen molar-refractivity contribution in [3.8, 4) is 5.75 Å². The van der Waals surface area contributed by atoms with E-state index in [2.05, 4.69) is 10.1 Å². The first-order chi connectivity index (χ1) is 8.67. The lowest BCUT2D eigenvalue weighted by Crippen LogP contribution is -2.26. The average Bonchev–Trinajstić information content (AvgIpc) is 2.42. The molecule has 1 aromatic carbocycles. The Bertz CT molecular complexity index is 444. The predicted molar refractivity (Wildman–Crippen MR) is 62.4 cm³/mol. The Morgan fingerprint density at radius 2 is 2.00 bits per heavy atom. The predicted octanol–water partition coefficient (Wildman–Crippen LogP) is 0.167. The molecular weight excluding hydrogens is 238 g/mol. The van der Waals surface area contributed by atoms with Crippen LogP contribution in [0.4, 0.5) is 0 Å². The zero-order chi connectivity index (χ0) is 13.4. The first-order valence-corrected chi connectivity index (χ1v) is 5.20. The summed E-state index contributed by atoms with van der Waals surface area (Å²) in [5, 5.41) is 2.31. The largest absolute Gasteiger partial charge is 0.481 e. The van der Waals surface area contributed by atoms with Crippen LogP contribution < -0.4 is 10.1 Å². The molecule has 0 aromatic heterocycles. The first kappa shape index (κ1) is 13.7. The molecule has 0 bridgehead atoms. The minimum absolute atomic E-state index is 0.296. The van der Waals surface area contributed by atoms with Crippen molar-refractivity contribution in [1.82, 2.24) is 5.32 Å². The molecule has 18 heavy (non-hydrogen) atoms. The van der Waals surface area contributed by atoms with Gasteiger partial charge < -0.3 is 14.8 Å². The van der Waals surface area contributed by atoms with Gasteiger partial charge in [0.15, 0.2) is 19.5 Å². The number of carbonyl (C=O) groups is 3. The van der Waals surface area contributed by atoms with Crippen molar-refractivity contribution in [2.24, 2.45) is 0 Å². The number of esters is 1. The van der Waals surface area contributed by atoms with Crippen molar-refractivity contribution >= 4 is 18.2 Å². The fourth-order valence-corrected chi connectivity index (χ4v) is 1.11. The molecule has 0 unspecified atom stereocenters. The third kappa shape index (κ3) is 4.25. The molecule has 0 heterocycles. The fourth-order valence-electron chi connectivity index (χ4n) is 1.11. The molecule has 0 saturated heterocycles. The molecule has 0 atom stereocenters. The zero-order valence-corrected chi connectivity index (χ0v) is 9.84. The molecule has 0 radical (unpaired) electrons. The van der Waals surface area contributed by atoms with Crippen LogP contribution in [0.2, 0.25) is 0 Å². The van der Waals surface area contributed by atoms with E-state index in [9.17, 15) is 14.4 Å². The number of carbonyl (C=O) groups excluding carboxylic acids is 3. The topological polar surface area (TPSA) is 81.7 Å². The lowest BCUT2D eigenvalue weighted by atomic mass is 10.2. The standard InChI is InChI=1S/C12H13NO5/c1-13-11(15)7-18-12(16)8-17-10-5-3-2-4-9(10)6-14/h2-6H,7-8H2,1H3,(H,13,15). The number of aldehydes is 1. The van der Waals surface area contributed by atoms with Crippen LogP contribution in [0.25, 0.3) is 0 Å². The molecule has 1 N–H and O–H groups in total. The van der Waals surface area contributed by atoms with Gasteiger partial charge in [-0.15, -0.1) is 0 Å². The van der Waals surface area contributed by atoms with Crippen LogP contribution >= 0.6 is 0 Å². The van der Waals surface area contributed by atoms with E-state index in [1.807, 2.05) is 0 Å². The van der Waals surface area contributed by atoms with Crippen LogP contribution in [0.15, 0.2) is 24.3 Å². The molecule has 6 nitrogen and oxygen atoms in total. The van der Waals surface area contributed by atoms with Crippen molar-refractivity contribution in [3.63, 3.8) is 0 Å². The smallest absolute Gasteiger partial charge is 0.344 e. The van der Waals surface area contributed by atoms with Crippen LogP contribution in [0.1, 0.15) is 10.4 Å². The number of likely N-dealkylation sites (N-methyl/N-ethyl adjacent to an activating group) is 1. The number of nitrogens with one attached hydrogen (secondary N) is 1. The third-order valence-electron chi connectivity index (χ3n) is 2.03. The van der Waals surface area contributed by atoms with Gasteiger partial charge in [-0.2, -0.15) is 0 Å². The summed E-state index contributed by atoms with van der Waals surface area (Å²) in [6.45, 7) is -0.712. The van der Waals surface area contributed by atoms with Gasteiger partial charge in [0.25, 0.3) is 5.91 Å². The SMILES string of the molecule is CNC(=O)COC(=O)COc1ccccc1C=O. The third-order valence-corrected chi connectivity index (χ3v) is 2.03. The van der Waals surface area contributed by atoms with Gasteiger partial charge >= 0.3 is 5.97 Å². The maximum absolute atomic E-state index is 11.2. The van der Waals surface area contributed by atoms with Gasteiger partial charge in [0, 0.05) is 7.05 Å². The Kier molecular flexibility index (Phi) is 5.37. The number of benzene rings is 1. The van der Waals surface area contributed by atoms with Crippen LogP contribution in [0.5, 0.6) is 5.75 Å². The van der Waals surface area contributed by atoms with E-state index in [0.717, 1.165) is 0 Å². The highest BCUT2D eigenvalue weighted by Crippen LogP contribution is 2.15. The Morgan fingerprint density at radius 1 is 1.28 bits per heavy atom. The molecule has 0 aliphatic heterocycles. The van der Waals surface area contributed by atoms with Crippen LogP contribution in [-0.4, -0.2) is 38.4 Å². The lowest BCUT2D eigenvalue weighted by molar-refractivity contribution is -0.150. The van der Waals surface area contributed by atoms with Gasteiger partial charge in [-0.05, 0) is 12.1 Å². The second-order valence-corrected chi connectivity index (χ2v) is 3.28. The number of hydrogen-bond donors (Lipinski definition) is 1. The Balaban J connectivity index is 2.42. The van der Waals surface area contributed by atoms with Gasteiger partial charge in [0.2, 0.25) is 0 Å². The van der Waals surface area contributed by atoms with E-state index in [1.54, 1.807) is 24.3 Å². The van der Waals surface area contributed by atoms with Gasteiger partial charge in [-0.25, -0.2) is 4.79 Å². The maximum Gasteiger partial charge on any atom is 0.344 e. The second-order valence-electron chi connectivity index (χ2n) is 3.28. The van der Waals surface area contributed by atoms with E-state index < -0.39 is 11.9 Å². The van der Waals surface area contributed by atoms with E-state index in [1.165, 1.54) is 7.05 Å². The summed E-state index contributed by atoms with van der Waals surface area (Å²) >= 11 is 0. The Labute approximate surface area is 104 Å². The van der Waals surface area contributed by atoms with Gasteiger partial charge in [0.05, 0.1) is 5.56 Å². The highest BCUT2D eigenvalue weighted by Gasteiger charge is 2.08. The van der Waals surface area contributed by atoms with Crippen molar-refractivity contribution < 1.29 is 23.9 Å². The van der Waals surface area contributed by atoms with Crippen molar-refractivity contribution in [2.45, 2.75) is 0 Å². The van der Waals surface area contributed by atoms with Crippen molar-refractivity contribution in [1.29, 1.82) is 0 Å². The minimum Gasteiger partial charge on any atom is -0.481 e. The first-order valence-electron chi connectivity index (χ1n) is 5.20. The monoisotopic (exact) mass is 251 g/mol. The Hall–Kier alpha value is -2.37. The molecule has 0 fully saturated rings. The number of para-hydroxylation sites is 1. The maximum atomic E-state index is 11.2. The quantitative estimate of drug-likeness (QED) is 0.575. The van der Waals surface area contributed by atoms with Crippen molar-refractivity contribution in [3.05, 3.63) is 29.8 Å². The van der Waals surface area contributed by atoms with Crippen LogP contribution in [0.3, 0.4) is 0 Å². The summed E-state index contributed by atoms with van der Waals surface area (Å²) in [6, 6.07) is 6.49.